The lowest BCUT2D eigenvalue weighted by Gasteiger charge is -2.35. The Morgan fingerprint density at radius 1 is 1.37 bits per heavy atom. The Bertz CT molecular complexity index is 481. The molecule has 0 spiro atoms. The molecular weight excluding hydrogens is 377 g/mol. The fraction of sp³-hybridized carbons (Fsp3) is 0.500. The van der Waals surface area contributed by atoms with Gasteiger partial charge in [0.1, 0.15) is 5.82 Å². The van der Waals surface area contributed by atoms with Gasteiger partial charge in [-0.05, 0) is 31.0 Å². The van der Waals surface area contributed by atoms with Gasteiger partial charge < -0.3 is 4.90 Å². The second-order valence-electron chi connectivity index (χ2n) is 4.91. The molecule has 2 unspecified atom stereocenters. The molecule has 104 valence electrons. The Labute approximate surface area is 129 Å². The van der Waals surface area contributed by atoms with Crippen molar-refractivity contribution < 1.29 is 9.18 Å². The number of amides is 1. The number of nitrogens with zero attached hydrogens (tertiary/aromatic N) is 1. The highest BCUT2D eigenvalue weighted by Gasteiger charge is 2.30. The SMILES string of the molecule is CN(C(=O)c1cc(Br)ccc1F)C1CCCCC1Br. The van der Waals surface area contributed by atoms with Gasteiger partial charge in [0.15, 0.2) is 0 Å². The monoisotopic (exact) mass is 391 g/mol. The van der Waals surface area contributed by atoms with E-state index in [0.717, 1.165) is 19.3 Å². The molecule has 1 aliphatic carbocycles. The first-order valence-electron chi connectivity index (χ1n) is 6.37. The van der Waals surface area contributed by atoms with Crippen LogP contribution in [0.25, 0.3) is 0 Å². The molecule has 2 nitrogen and oxygen atoms in total. The summed E-state index contributed by atoms with van der Waals surface area (Å²) in [6, 6.07) is 4.59. The van der Waals surface area contributed by atoms with E-state index in [4.69, 9.17) is 0 Å². The second kappa shape index (κ2) is 6.35. The Hall–Kier alpha value is -0.420. The molecular formula is C14H16Br2FNO. The number of rotatable bonds is 2. The molecule has 5 heteroatoms. The van der Waals surface area contributed by atoms with Crippen molar-refractivity contribution in [3.05, 3.63) is 34.1 Å². The minimum absolute atomic E-state index is 0.127. The third-order valence-corrected chi connectivity index (χ3v) is 5.19. The predicted molar refractivity (Wildman–Crippen MR) is 81.2 cm³/mol. The normalized spacial score (nSPS) is 23.2. The Morgan fingerprint density at radius 3 is 2.74 bits per heavy atom. The third-order valence-electron chi connectivity index (χ3n) is 3.62. The van der Waals surface area contributed by atoms with E-state index in [9.17, 15) is 9.18 Å². The maximum atomic E-state index is 13.8. The minimum Gasteiger partial charge on any atom is -0.338 e. The van der Waals surface area contributed by atoms with E-state index >= 15 is 0 Å². The number of halogens is 3. The quantitative estimate of drug-likeness (QED) is 0.684. The van der Waals surface area contributed by atoms with Crippen LogP contribution in [0.2, 0.25) is 0 Å². The molecule has 1 saturated carbocycles. The zero-order valence-electron chi connectivity index (χ0n) is 10.7. The van der Waals surface area contributed by atoms with Crippen molar-refractivity contribution in [1.29, 1.82) is 0 Å². The highest BCUT2D eigenvalue weighted by Crippen LogP contribution is 2.29. The largest absolute Gasteiger partial charge is 0.338 e. The highest BCUT2D eigenvalue weighted by molar-refractivity contribution is 9.10. The lowest BCUT2D eigenvalue weighted by atomic mass is 9.94. The van der Waals surface area contributed by atoms with Crippen LogP contribution in [-0.2, 0) is 0 Å². The van der Waals surface area contributed by atoms with Gasteiger partial charge in [-0.3, -0.25) is 4.79 Å². The zero-order chi connectivity index (χ0) is 14.0. The molecule has 1 fully saturated rings. The number of benzene rings is 1. The number of hydrogen-bond donors (Lipinski definition) is 0. The molecule has 0 aliphatic heterocycles. The molecule has 0 heterocycles. The molecule has 1 aromatic rings. The number of alkyl halides is 1. The molecule has 0 aromatic heterocycles. The van der Waals surface area contributed by atoms with Gasteiger partial charge in [0.25, 0.3) is 5.91 Å². The van der Waals surface area contributed by atoms with Crippen LogP contribution < -0.4 is 0 Å². The van der Waals surface area contributed by atoms with Crippen molar-refractivity contribution in [2.75, 3.05) is 7.05 Å². The first-order chi connectivity index (χ1) is 9.00. The summed E-state index contributed by atoms with van der Waals surface area (Å²) in [5, 5.41) is 0. The van der Waals surface area contributed by atoms with Gasteiger partial charge in [0.2, 0.25) is 0 Å². The fourth-order valence-corrected chi connectivity index (χ4v) is 3.81. The van der Waals surface area contributed by atoms with E-state index in [1.807, 2.05) is 0 Å². The maximum Gasteiger partial charge on any atom is 0.256 e. The van der Waals surface area contributed by atoms with E-state index in [0.29, 0.717) is 9.30 Å². The van der Waals surface area contributed by atoms with Crippen molar-refractivity contribution in [2.24, 2.45) is 0 Å². The Morgan fingerprint density at radius 2 is 2.05 bits per heavy atom. The Balaban J connectivity index is 2.20. The van der Waals surface area contributed by atoms with E-state index in [-0.39, 0.29) is 17.5 Å². The average molecular weight is 393 g/mol. The fourth-order valence-electron chi connectivity index (χ4n) is 2.50. The molecule has 0 bridgehead atoms. The molecule has 2 rings (SSSR count). The van der Waals surface area contributed by atoms with Gasteiger partial charge in [-0.25, -0.2) is 4.39 Å². The van der Waals surface area contributed by atoms with Gasteiger partial charge in [0, 0.05) is 22.4 Å². The van der Waals surface area contributed by atoms with E-state index in [2.05, 4.69) is 31.9 Å². The number of carbonyl (C=O) groups is 1. The molecule has 1 aromatic carbocycles. The van der Waals surface area contributed by atoms with Crippen LogP contribution in [0, 0.1) is 5.82 Å². The number of hydrogen-bond acceptors (Lipinski definition) is 1. The standard InChI is InChI=1S/C14H16Br2FNO/c1-18(13-5-3-2-4-11(13)16)14(19)10-8-9(15)6-7-12(10)17/h6-8,11,13H,2-5H2,1H3. The summed E-state index contributed by atoms with van der Waals surface area (Å²) in [6.07, 6.45) is 4.32. The third kappa shape index (κ3) is 3.37. The summed E-state index contributed by atoms with van der Waals surface area (Å²) < 4.78 is 14.5. The predicted octanol–water partition coefficient (Wildman–Crippen LogP) is 4.37. The minimum atomic E-state index is -0.470. The molecule has 0 saturated heterocycles. The smallest absolute Gasteiger partial charge is 0.256 e. The van der Waals surface area contributed by atoms with Crippen molar-refractivity contribution in [1.82, 2.24) is 4.90 Å². The van der Waals surface area contributed by atoms with Crippen LogP contribution in [0.15, 0.2) is 22.7 Å². The summed E-state index contributed by atoms with van der Waals surface area (Å²) >= 11 is 6.91. The lowest BCUT2D eigenvalue weighted by Crippen LogP contribution is -2.44. The maximum absolute atomic E-state index is 13.8. The topological polar surface area (TPSA) is 20.3 Å². The van der Waals surface area contributed by atoms with Crippen LogP contribution in [0.4, 0.5) is 4.39 Å². The van der Waals surface area contributed by atoms with Crippen molar-refractivity contribution in [2.45, 2.75) is 36.6 Å². The molecule has 2 atom stereocenters. The van der Waals surface area contributed by atoms with E-state index in [1.165, 1.54) is 12.5 Å². The van der Waals surface area contributed by atoms with Crippen LogP contribution in [0.1, 0.15) is 36.0 Å². The highest BCUT2D eigenvalue weighted by atomic mass is 79.9. The lowest BCUT2D eigenvalue weighted by molar-refractivity contribution is 0.0700. The van der Waals surface area contributed by atoms with Crippen LogP contribution >= 0.6 is 31.9 Å². The van der Waals surface area contributed by atoms with Crippen molar-refractivity contribution in [3.63, 3.8) is 0 Å². The van der Waals surface area contributed by atoms with Gasteiger partial charge in [-0.15, -0.1) is 0 Å². The average Bonchev–Trinajstić information content (AvgIpc) is 2.40. The molecule has 19 heavy (non-hydrogen) atoms. The summed E-state index contributed by atoms with van der Waals surface area (Å²) in [4.78, 5) is 14.4. The molecule has 1 aliphatic rings. The van der Waals surface area contributed by atoms with Crippen molar-refractivity contribution in [3.8, 4) is 0 Å². The summed E-state index contributed by atoms with van der Waals surface area (Å²) in [7, 11) is 1.76. The van der Waals surface area contributed by atoms with Gasteiger partial charge >= 0.3 is 0 Å². The van der Waals surface area contributed by atoms with Crippen LogP contribution in [-0.4, -0.2) is 28.7 Å². The van der Waals surface area contributed by atoms with E-state index in [1.54, 1.807) is 24.1 Å². The second-order valence-corrected chi connectivity index (χ2v) is 7.00. The van der Waals surface area contributed by atoms with Gasteiger partial charge in [-0.2, -0.15) is 0 Å². The molecule has 1 amide bonds. The molecule has 0 N–H and O–H groups in total. The number of carbonyl (C=O) groups excluding carboxylic acids is 1. The summed E-state index contributed by atoms with van der Waals surface area (Å²) in [5.74, 6) is -0.725. The molecule has 0 radical (unpaired) electrons. The van der Waals surface area contributed by atoms with Gasteiger partial charge in [-0.1, -0.05) is 44.7 Å². The first kappa shape index (κ1) is 15.0. The summed E-state index contributed by atoms with van der Waals surface area (Å²) in [6.45, 7) is 0. The summed E-state index contributed by atoms with van der Waals surface area (Å²) in [5.41, 5.74) is 0.127. The Kier molecular flexibility index (Phi) is 5.01. The van der Waals surface area contributed by atoms with Gasteiger partial charge in [0.05, 0.1) is 5.56 Å². The van der Waals surface area contributed by atoms with Crippen LogP contribution in [0.3, 0.4) is 0 Å². The first-order valence-corrected chi connectivity index (χ1v) is 8.08. The zero-order valence-corrected chi connectivity index (χ0v) is 13.9. The van der Waals surface area contributed by atoms with E-state index < -0.39 is 5.82 Å². The van der Waals surface area contributed by atoms with Crippen molar-refractivity contribution >= 4 is 37.8 Å². The van der Waals surface area contributed by atoms with Crippen LogP contribution in [0.5, 0.6) is 0 Å².